The largest absolute Gasteiger partial charge is 0.569 e. The van der Waals surface area contributed by atoms with E-state index in [-0.39, 0.29) is 5.84 Å². The highest BCUT2D eigenvalue weighted by Gasteiger charge is 2.37. The van der Waals surface area contributed by atoms with Crippen molar-refractivity contribution in [3.63, 3.8) is 0 Å². The minimum Gasteiger partial charge on any atom is -0.569 e. The lowest BCUT2D eigenvalue weighted by Crippen LogP contribution is -2.31. The van der Waals surface area contributed by atoms with Crippen LogP contribution in [0.1, 0.15) is 23.6 Å². The fourth-order valence-corrected chi connectivity index (χ4v) is 3.83. The first-order chi connectivity index (χ1) is 11.7. The molecule has 0 spiro atoms. The van der Waals surface area contributed by atoms with Crippen molar-refractivity contribution in [2.24, 2.45) is 5.16 Å². The van der Waals surface area contributed by atoms with Crippen LogP contribution >= 0.6 is 0 Å². The van der Waals surface area contributed by atoms with Gasteiger partial charge in [0, 0.05) is 24.7 Å². The maximum Gasteiger partial charge on any atom is 0.296 e. The Morgan fingerprint density at radius 2 is 2.00 bits per heavy atom. The Bertz CT molecular complexity index is 802. The standard InChI is InChI=1S/C19H20N3O2/c1-2-21-9-8-14-16-11-19(20-23)22(24)18(16)10-15(17(14)12-21)13-6-4-3-5-7-13/h3-7,10,23H,2,8-9,11-12H2,1H3. The van der Waals surface area contributed by atoms with Gasteiger partial charge in [0.25, 0.3) is 5.84 Å². The van der Waals surface area contributed by atoms with Crippen molar-refractivity contribution in [2.75, 3.05) is 13.1 Å². The Balaban J connectivity index is 1.93. The van der Waals surface area contributed by atoms with E-state index in [1.165, 1.54) is 11.1 Å². The van der Waals surface area contributed by atoms with Crippen LogP contribution < -0.4 is 5.06 Å². The maximum atomic E-state index is 12.4. The molecule has 0 saturated heterocycles. The van der Waals surface area contributed by atoms with Crippen molar-refractivity contribution in [3.05, 3.63) is 58.3 Å². The highest BCUT2D eigenvalue weighted by atomic mass is 16.5. The number of amidine groups is 1. The summed E-state index contributed by atoms with van der Waals surface area (Å²) in [4.78, 5) is 2.42. The SMILES string of the molecule is CCN1CCc2c(c(-c3ccccc3)cc3c2CC(=NO)[N+]3[O-])C1. The molecule has 0 fully saturated rings. The molecule has 24 heavy (non-hydrogen) atoms. The van der Waals surface area contributed by atoms with Gasteiger partial charge in [-0.05, 0) is 40.4 Å². The first-order valence-corrected chi connectivity index (χ1v) is 8.36. The van der Waals surface area contributed by atoms with Gasteiger partial charge in [-0.3, -0.25) is 4.90 Å². The van der Waals surface area contributed by atoms with Crippen LogP contribution in [0.25, 0.3) is 11.1 Å². The van der Waals surface area contributed by atoms with Crippen molar-refractivity contribution >= 4 is 11.5 Å². The summed E-state index contributed by atoms with van der Waals surface area (Å²) in [7, 11) is 0. The fourth-order valence-electron chi connectivity index (χ4n) is 3.83. The van der Waals surface area contributed by atoms with E-state index in [9.17, 15) is 5.21 Å². The molecule has 0 amide bonds. The summed E-state index contributed by atoms with van der Waals surface area (Å²) in [5, 5.41) is 25.5. The van der Waals surface area contributed by atoms with E-state index in [0.717, 1.165) is 47.8 Å². The van der Waals surface area contributed by atoms with Crippen LogP contribution in [0, 0.1) is 5.21 Å². The van der Waals surface area contributed by atoms with Gasteiger partial charge >= 0.3 is 0 Å². The molecule has 2 aromatic carbocycles. The average molecular weight is 322 g/mol. The van der Waals surface area contributed by atoms with Gasteiger partial charge in [0.2, 0.25) is 0 Å². The van der Waals surface area contributed by atoms with Gasteiger partial charge in [-0.25, -0.2) is 0 Å². The molecular formula is C19H20N3O2. The van der Waals surface area contributed by atoms with E-state index in [1.807, 2.05) is 24.3 Å². The first kappa shape index (κ1) is 15.3. The Labute approximate surface area is 141 Å². The molecule has 0 saturated carbocycles. The molecule has 0 aromatic heterocycles. The highest BCUT2D eigenvalue weighted by Crippen LogP contribution is 2.41. The van der Waals surface area contributed by atoms with Crippen LogP contribution in [-0.4, -0.2) is 29.0 Å². The second-order valence-corrected chi connectivity index (χ2v) is 6.35. The molecule has 5 heteroatoms. The molecule has 0 atom stereocenters. The molecule has 0 aliphatic carbocycles. The lowest BCUT2D eigenvalue weighted by atomic mass is 9.86. The van der Waals surface area contributed by atoms with Crippen LogP contribution in [0.5, 0.6) is 0 Å². The van der Waals surface area contributed by atoms with E-state index >= 15 is 0 Å². The second kappa shape index (κ2) is 6.02. The summed E-state index contributed by atoms with van der Waals surface area (Å²) < 4.78 is 0. The number of likely N-dealkylation sites (N-methyl/N-ethyl adjacent to an activating group) is 1. The van der Waals surface area contributed by atoms with Crippen molar-refractivity contribution < 1.29 is 5.21 Å². The van der Waals surface area contributed by atoms with Crippen LogP contribution in [0.2, 0.25) is 0 Å². The predicted octanol–water partition coefficient (Wildman–Crippen LogP) is 3.34. The molecule has 1 N–H and O–H groups in total. The topological polar surface area (TPSA) is 64.8 Å². The molecule has 2 aliphatic heterocycles. The third-order valence-electron chi connectivity index (χ3n) is 5.14. The van der Waals surface area contributed by atoms with Crippen LogP contribution in [-0.2, 0) is 19.4 Å². The summed E-state index contributed by atoms with van der Waals surface area (Å²) in [6.45, 7) is 5.09. The van der Waals surface area contributed by atoms with Gasteiger partial charge in [0.05, 0.1) is 6.42 Å². The van der Waals surface area contributed by atoms with Crippen LogP contribution in [0.3, 0.4) is 0 Å². The molecule has 123 valence electrons. The molecular weight excluding hydrogens is 302 g/mol. The minimum atomic E-state index is 0.176. The molecule has 4 rings (SSSR count). The Kier molecular flexibility index (Phi) is 3.84. The summed E-state index contributed by atoms with van der Waals surface area (Å²) in [6, 6.07) is 12.2. The van der Waals surface area contributed by atoms with Gasteiger partial charge in [-0.2, -0.15) is 0 Å². The lowest BCUT2D eigenvalue weighted by molar-refractivity contribution is 0.268. The summed E-state index contributed by atoms with van der Waals surface area (Å²) >= 11 is 0. The van der Waals surface area contributed by atoms with Gasteiger partial charge in [-0.1, -0.05) is 37.3 Å². The zero-order chi connectivity index (χ0) is 16.7. The van der Waals surface area contributed by atoms with Crippen molar-refractivity contribution in [1.29, 1.82) is 0 Å². The van der Waals surface area contributed by atoms with Gasteiger partial charge in [0.1, 0.15) is 0 Å². The molecule has 2 aromatic rings. The normalized spacial score (nSPS) is 19.5. The number of hydroxylamine groups is 1. The number of rotatable bonds is 2. The van der Waals surface area contributed by atoms with E-state index in [0.29, 0.717) is 12.1 Å². The third kappa shape index (κ3) is 2.33. The van der Waals surface area contributed by atoms with Crippen molar-refractivity contribution in [1.82, 2.24) is 9.96 Å². The number of fused-ring (bicyclic) bond motifs is 3. The summed E-state index contributed by atoms with van der Waals surface area (Å²) in [5.74, 6) is 0.176. The molecule has 0 bridgehead atoms. The average Bonchev–Trinajstić information content (AvgIpc) is 2.97. The first-order valence-electron chi connectivity index (χ1n) is 8.36. The summed E-state index contributed by atoms with van der Waals surface area (Å²) in [5.41, 5.74) is 6.46. The van der Waals surface area contributed by atoms with E-state index in [4.69, 9.17) is 5.21 Å². The molecule has 2 aliphatic rings. The van der Waals surface area contributed by atoms with Gasteiger partial charge in [-0.15, -0.1) is 5.06 Å². The predicted molar refractivity (Wildman–Crippen MR) is 94.6 cm³/mol. The number of nitrogens with zero attached hydrogens (tertiary/aromatic N) is 3. The molecule has 1 radical (unpaired) electrons. The number of oxime groups is 1. The van der Waals surface area contributed by atoms with Crippen LogP contribution in [0.15, 0.2) is 41.6 Å². The zero-order valence-electron chi connectivity index (χ0n) is 13.7. The fraction of sp³-hybridized carbons (Fsp3) is 0.316. The summed E-state index contributed by atoms with van der Waals surface area (Å²) in [6.07, 6.45) is 1.34. The van der Waals surface area contributed by atoms with E-state index < -0.39 is 0 Å². The quantitative estimate of drug-likeness (QED) is 0.399. The monoisotopic (exact) mass is 322 g/mol. The molecule has 2 heterocycles. The van der Waals surface area contributed by atoms with Crippen molar-refractivity contribution in [2.45, 2.75) is 26.3 Å². The maximum absolute atomic E-state index is 12.4. The number of hydrogen-bond acceptors (Lipinski definition) is 4. The van der Waals surface area contributed by atoms with Crippen molar-refractivity contribution in [3.8, 4) is 11.1 Å². The second-order valence-electron chi connectivity index (χ2n) is 6.35. The third-order valence-corrected chi connectivity index (χ3v) is 5.14. The Hall–Kier alpha value is -2.21. The minimum absolute atomic E-state index is 0.176. The van der Waals surface area contributed by atoms with E-state index in [1.54, 1.807) is 0 Å². The smallest absolute Gasteiger partial charge is 0.296 e. The number of anilines is 1. The Morgan fingerprint density at radius 1 is 1.21 bits per heavy atom. The lowest BCUT2D eigenvalue weighted by Gasteiger charge is -2.30. The Morgan fingerprint density at radius 3 is 2.71 bits per heavy atom. The highest BCUT2D eigenvalue weighted by molar-refractivity contribution is 5.99. The molecule has 0 unspecified atom stereocenters. The van der Waals surface area contributed by atoms with Gasteiger partial charge in [0.15, 0.2) is 5.69 Å². The number of benzene rings is 2. The van der Waals surface area contributed by atoms with E-state index in [2.05, 4.69) is 29.1 Å². The van der Waals surface area contributed by atoms with Crippen LogP contribution in [0.4, 0.5) is 5.69 Å². The zero-order valence-corrected chi connectivity index (χ0v) is 13.7. The van der Waals surface area contributed by atoms with Gasteiger partial charge < -0.3 is 10.4 Å². The molecule has 5 nitrogen and oxygen atoms in total. The number of hydrogen-bond donors (Lipinski definition) is 1.